The highest BCUT2D eigenvalue weighted by molar-refractivity contribution is 5.71. The first kappa shape index (κ1) is 11.4. The summed E-state index contributed by atoms with van der Waals surface area (Å²) in [6.07, 6.45) is 3.36. The van der Waals surface area contributed by atoms with E-state index in [0.717, 1.165) is 11.3 Å². The minimum absolute atomic E-state index is 0.298. The summed E-state index contributed by atoms with van der Waals surface area (Å²) in [7, 11) is 0. The number of fused-ring (bicyclic) bond motifs is 1. The van der Waals surface area contributed by atoms with Gasteiger partial charge in [0.25, 0.3) is 0 Å². The van der Waals surface area contributed by atoms with Crippen LogP contribution in [0, 0.1) is 10.8 Å². The van der Waals surface area contributed by atoms with Crippen molar-refractivity contribution in [3.05, 3.63) is 24.5 Å². The molecule has 0 amide bonds. The molecule has 18 heavy (non-hydrogen) atoms. The van der Waals surface area contributed by atoms with E-state index < -0.39 is 0 Å². The van der Waals surface area contributed by atoms with Gasteiger partial charge < -0.3 is 5.32 Å². The van der Waals surface area contributed by atoms with E-state index in [1.807, 2.05) is 12.1 Å². The molecule has 4 nitrogen and oxygen atoms in total. The maximum atomic E-state index is 4.50. The number of nitrogens with one attached hydrogen (secondary N) is 1. The molecule has 1 aliphatic carbocycles. The standard InChI is InChI=1S/C14H18N4/c1-13(2)12(14(13,3)4)18-10-6-5-9-11(17-10)16-8-7-15-9/h5-8,12H,1-4H3,(H,16,17,18). The SMILES string of the molecule is CC1(C)C(Nc2ccc3nccnc3n2)C1(C)C. The minimum Gasteiger partial charge on any atom is -0.366 e. The van der Waals surface area contributed by atoms with Crippen molar-refractivity contribution in [1.82, 2.24) is 15.0 Å². The van der Waals surface area contributed by atoms with Crippen molar-refractivity contribution in [3.63, 3.8) is 0 Å². The van der Waals surface area contributed by atoms with Gasteiger partial charge in [0.15, 0.2) is 5.65 Å². The van der Waals surface area contributed by atoms with Crippen molar-refractivity contribution in [2.75, 3.05) is 5.32 Å². The quantitative estimate of drug-likeness (QED) is 0.879. The van der Waals surface area contributed by atoms with Crippen LogP contribution in [0.1, 0.15) is 27.7 Å². The lowest BCUT2D eigenvalue weighted by Gasteiger charge is -2.07. The average molecular weight is 242 g/mol. The zero-order chi connectivity index (χ0) is 13.0. The molecule has 0 saturated heterocycles. The van der Waals surface area contributed by atoms with E-state index in [1.165, 1.54) is 0 Å². The van der Waals surface area contributed by atoms with Gasteiger partial charge in [-0.05, 0) is 23.0 Å². The molecule has 2 aromatic rings. The molecule has 0 unspecified atom stereocenters. The second-order valence-corrected chi connectivity index (χ2v) is 6.12. The zero-order valence-corrected chi connectivity index (χ0v) is 11.2. The normalized spacial score (nSPS) is 20.9. The highest BCUT2D eigenvalue weighted by Gasteiger charge is 2.65. The predicted octanol–water partition coefficient (Wildman–Crippen LogP) is 2.87. The van der Waals surface area contributed by atoms with Gasteiger partial charge in [-0.2, -0.15) is 0 Å². The fourth-order valence-corrected chi connectivity index (χ4v) is 2.64. The largest absolute Gasteiger partial charge is 0.366 e. The molecule has 0 aliphatic heterocycles. The first-order valence-electron chi connectivity index (χ1n) is 6.27. The lowest BCUT2D eigenvalue weighted by atomic mass is 10.0. The van der Waals surface area contributed by atoms with Gasteiger partial charge in [-0.1, -0.05) is 27.7 Å². The Hall–Kier alpha value is -1.71. The van der Waals surface area contributed by atoms with Gasteiger partial charge in [-0.3, -0.25) is 4.98 Å². The monoisotopic (exact) mass is 242 g/mol. The van der Waals surface area contributed by atoms with Crippen LogP contribution in [0.2, 0.25) is 0 Å². The fraction of sp³-hybridized carbons (Fsp3) is 0.500. The van der Waals surface area contributed by atoms with Crippen LogP contribution in [-0.2, 0) is 0 Å². The first-order chi connectivity index (χ1) is 8.43. The molecule has 0 atom stereocenters. The van der Waals surface area contributed by atoms with E-state index in [9.17, 15) is 0 Å². The maximum absolute atomic E-state index is 4.50. The molecule has 0 aromatic carbocycles. The van der Waals surface area contributed by atoms with E-state index in [2.05, 4.69) is 48.0 Å². The summed E-state index contributed by atoms with van der Waals surface area (Å²) in [5, 5.41) is 3.51. The molecule has 3 rings (SSSR count). The van der Waals surface area contributed by atoms with E-state index in [0.29, 0.717) is 22.5 Å². The summed E-state index contributed by atoms with van der Waals surface area (Å²) >= 11 is 0. The third kappa shape index (κ3) is 1.48. The molecule has 2 aromatic heterocycles. The van der Waals surface area contributed by atoms with Crippen molar-refractivity contribution >= 4 is 17.0 Å². The predicted molar refractivity (Wildman–Crippen MR) is 72.3 cm³/mol. The number of pyridine rings is 1. The molecule has 1 saturated carbocycles. The Labute approximate surface area is 107 Å². The summed E-state index contributed by atoms with van der Waals surface area (Å²) in [4.78, 5) is 13.0. The van der Waals surface area contributed by atoms with Crippen molar-refractivity contribution in [1.29, 1.82) is 0 Å². The summed E-state index contributed by atoms with van der Waals surface area (Å²) in [6.45, 7) is 9.13. The lowest BCUT2D eigenvalue weighted by molar-refractivity contribution is 0.457. The van der Waals surface area contributed by atoms with Crippen LogP contribution in [0.5, 0.6) is 0 Å². The number of aromatic nitrogens is 3. The van der Waals surface area contributed by atoms with Crippen molar-refractivity contribution in [2.24, 2.45) is 10.8 Å². The first-order valence-corrected chi connectivity index (χ1v) is 6.27. The third-order valence-electron chi connectivity index (χ3n) is 4.64. The molecule has 0 spiro atoms. The van der Waals surface area contributed by atoms with E-state index in [1.54, 1.807) is 12.4 Å². The van der Waals surface area contributed by atoms with Gasteiger partial charge in [0, 0.05) is 18.4 Å². The lowest BCUT2D eigenvalue weighted by Crippen LogP contribution is -2.11. The topological polar surface area (TPSA) is 50.7 Å². The summed E-state index contributed by atoms with van der Waals surface area (Å²) in [5.74, 6) is 0.881. The molecular formula is C14H18N4. The molecule has 2 heterocycles. The van der Waals surface area contributed by atoms with Crippen molar-refractivity contribution in [2.45, 2.75) is 33.7 Å². The van der Waals surface area contributed by atoms with E-state index in [-0.39, 0.29) is 0 Å². The highest BCUT2D eigenvalue weighted by atomic mass is 15.1. The maximum Gasteiger partial charge on any atom is 0.180 e. The van der Waals surface area contributed by atoms with Gasteiger partial charge in [-0.25, -0.2) is 9.97 Å². The van der Waals surface area contributed by atoms with Crippen LogP contribution >= 0.6 is 0 Å². The third-order valence-corrected chi connectivity index (χ3v) is 4.64. The number of nitrogens with zero attached hydrogens (tertiary/aromatic N) is 3. The van der Waals surface area contributed by atoms with Gasteiger partial charge in [-0.15, -0.1) is 0 Å². The van der Waals surface area contributed by atoms with Gasteiger partial charge in [0.2, 0.25) is 0 Å². The smallest absolute Gasteiger partial charge is 0.180 e. The van der Waals surface area contributed by atoms with Crippen LogP contribution in [0.4, 0.5) is 5.82 Å². The zero-order valence-electron chi connectivity index (χ0n) is 11.2. The molecule has 0 radical (unpaired) electrons. The van der Waals surface area contributed by atoms with Gasteiger partial charge in [0.1, 0.15) is 11.3 Å². The number of anilines is 1. The minimum atomic E-state index is 0.298. The summed E-state index contributed by atoms with van der Waals surface area (Å²) in [5.41, 5.74) is 2.12. The van der Waals surface area contributed by atoms with Crippen LogP contribution < -0.4 is 5.32 Å². The van der Waals surface area contributed by atoms with Crippen LogP contribution in [0.25, 0.3) is 11.2 Å². The summed E-state index contributed by atoms with van der Waals surface area (Å²) in [6, 6.07) is 4.38. The molecule has 94 valence electrons. The molecule has 1 N–H and O–H groups in total. The van der Waals surface area contributed by atoms with Crippen LogP contribution in [0.15, 0.2) is 24.5 Å². The molecule has 1 aliphatic rings. The van der Waals surface area contributed by atoms with E-state index >= 15 is 0 Å². The molecule has 0 bridgehead atoms. The van der Waals surface area contributed by atoms with Gasteiger partial charge in [0.05, 0.1) is 0 Å². The van der Waals surface area contributed by atoms with Crippen LogP contribution in [-0.4, -0.2) is 21.0 Å². The second-order valence-electron chi connectivity index (χ2n) is 6.12. The van der Waals surface area contributed by atoms with Crippen molar-refractivity contribution in [3.8, 4) is 0 Å². The average Bonchev–Trinajstić information content (AvgIpc) is 2.72. The Morgan fingerprint density at radius 2 is 1.67 bits per heavy atom. The number of hydrogen-bond acceptors (Lipinski definition) is 4. The Bertz CT molecular complexity index is 590. The number of rotatable bonds is 2. The van der Waals surface area contributed by atoms with Gasteiger partial charge >= 0.3 is 0 Å². The Morgan fingerprint density at radius 1 is 1.00 bits per heavy atom. The second kappa shape index (κ2) is 3.40. The Morgan fingerprint density at radius 3 is 2.33 bits per heavy atom. The Balaban J connectivity index is 1.89. The molecule has 4 heteroatoms. The Kier molecular flexibility index (Phi) is 2.15. The molecular weight excluding hydrogens is 224 g/mol. The number of hydrogen-bond donors (Lipinski definition) is 1. The molecule has 1 fully saturated rings. The summed E-state index contributed by atoms with van der Waals surface area (Å²) < 4.78 is 0. The van der Waals surface area contributed by atoms with Crippen molar-refractivity contribution < 1.29 is 0 Å². The fourth-order valence-electron chi connectivity index (χ4n) is 2.64. The van der Waals surface area contributed by atoms with Crippen LogP contribution in [0.3, 0.4) is 0 Å². The van der Waals surface area contributed by atoms with E-state index in [4.69, 9.17) is 0 Å². The highest BCUT2D eigenvalue weighted by Crippen LogP contribution is 2.63.